The standard InChI is InChI=1S/C22H22O7/c1-24-17-6-12(7-18(25-2)21(17)26-3)19-14-8-16-15(28-10-29-16)5-11(14)4-13-9-27-22(23)20(13)19/h5-8,13,19-20H,4,9-10H2,1-3H3/t13-,19+,20+/m0/s1/i4D/t4-,13-,19+,20+. The lowest BCUT2D eigenvalue weighted by molar-refractivity contribution is -0.141. The van der Waals surface area contributed by atoms with Crippen LogP contribution in [0.2, 0.25) is 0 Å². The first-order valence-electron chi connectivity index (χ1n) is 9.97. The van der Waals surface area contributed by atoms with Crippen LogP contribution in [0.1, 0.15) is 24.0 Å². The fourth-order valence-corrected chi connectivity index (χ4v) is 4.57. The van der Waals surface area contributed by atoms with Gasteiger partial charge in [-0.05, 0) is 47.4 Å². The van der Waals surface area contributed by atoms with E-state index in [4.69, 9.17) is 29.8 Å². The Labute approximate surface area is 169 Å². The van der Waals surface area contributed by atoms with Crippen molar-refractivity contribution in [2.45, 2.75) is 12.3 Å². The maximum atomic E-state index is 12.8. The zero-order chi connectivity index (χ0) is 21.0. The van der Waals surface area contributed by atoms with E-state index < -0.39 is 12.3 Å². The summed E-state index contributed by atoms with van der Waals surface area (Å²) in [6.45, 7) is 0.372. The van der Waals surface area contributed by atoms with Gasteiger partial charge in [-0.15, -0.1) is 0 Å². The number of benzene rings is 2. The van der Waals surface area contributed by atoms with Crippen LogP contribution in [0.25, 0.3) is 0 Å². The number of hydrogen-bond acceptors (Lipinski definition) is 7. The summed E-state index contributed by atoms with van der Waals surface area (Å²) in [5.74, 6) is 1.35. The van der Waals surface area contributed by atoms with Gasteiger partial charge in [-0.25, -0.2) is 0 Å². The molecule has 3 aliphatic rings. The van der Waals surface area contributed by atoms with Gasteiger partial charge in [0.1, 0.15) is 0 Å². The number of ether oxygens (including phenoxy) is 6. The van der Waals surface area contributed by atoms with Crippen molar-refractivity contribution in [2.24, 2.45) is 11.8 Å². The zero-order valence-electron chi connectivity index (χ0n) is 17.4. The highest BCUT2D eigenvalue weighted by Crippen LogP contribution is 2.52. The Morgan fingerprint density at radius 2 is 1.66 bits per heavy atom. The van der Waals surface area contributed by atoms with Crippen LogP contribution < -0.4 is 23.7 Å². The molecule has 2 heterocycles. The largest absolute Gasteiger partial charge is 0.493 e. The molecular formula is C22H22O7. The quantitative estimate of drug-likeness (QED) is 0.732. The van der Waals surface area contributed by atoms with Crippen molar-refractivity contribution in [3.8, 4) is 28.7 Å². The Kier molecular flexibility index (Phi) is 3.92. The smallest absolute Gasteiger partial charge is 0.310 e. The molecule has 2 aromatic carbocycles. The molecular weight excluding hydrogens is 376 g/mol. The van der Waals surface area contributed by atoms with E-state index in [1.807, 2.05) is 24.3 Å². The Morgan fingerprint density at radius 3 is 2.31 bits per heavy atom. The maximum absolute atomic E-state index is 12.8. The van der Waals surface area contributed by atoms with Crippen molar-refractivity contribution < 1.29 is 34.6 Å². The van der Waals surface area contributed by atoms with Crippen molar-refractivity contribution in [3.63, 3.8) is 0 Å². The van der Waals surface area contributed by atoms with Crippen LogP contribution in [0.5, 0.6) is 28.7 Å². The lowest BCUT2D eigenvalue weighted by Gasteiger charge is -2.34. The molecule has 7 nitrogen and oxygen atoms in total. The third-order valence-electron chi connectivity index (χ3n) is 5.86. The molecule has 0 aromatic heterocycles. The van der Waals surface area contributed by atoms with Crippen LogP contribution in [0.4, 0.5) is 0 Å². The van der Waals surface area contributed by atoms with Crippen molar-refractivity contribution in [1.82, 2.24) is 0 Å². The lowest BCUT2D eigenvalue weighted by Crippen LogP contribution is -2.31. The highest BCUT2D eigenvalue weighted by atomic mass is 16.7. The van der Waals surface area contributed by atoms with Crippen LogP contribution in [-0.2, 0) is 15.9 Å². The van der Waals surface area contributed by atoms with Gasteiger partial charge in [0.25, 0.3) is 0 Å². The highest BCUT2D eigenvalue weighted by molar-refractivity contribution is 5.78. The molecule has 1 aliphatic carbocycles. The van der Waals surface area contributed by atoms with E-state index in [1.54, 1.807) is 21.3 Å². The van der Waals surface area contributed by atoms with Crippen LogP contribution in [-0.4, -0.2) is 40.7 Å². The molecule has 5 rings (SSSR count). The topological polar surface area (TPSA) is 72.5 Å². The van der Waals surface area contributed by atoms with E-state index in [-0.39, 0.29) is 31.2 Å². The second-order valence-electron chi connectivity index (χ2n) is 7.26. The molecule has 0 unspecified atom stereocenters. The summed E-state index contributed by atoms with van der Waals surface area (Å²) >= 11 is 0. The van der Waals surface area contributed by atoms with Crippen molar-refractivity contribution in [3.05, 3.63) is 41.0 Å². The molecule has 7 heteroatoms. The van der Waals surface area contributed by atoms with E-state index in [9.17, 15) is 4.79 Å². The molecule has 0 radical (unpaired) electrons. The summed E-state index contributed by atoms with van der Waals surface area (Å²) in [6.07, 6.45) is -0.593. The molecule has 0 spiro atoms. The molecule has 152 valence electrons. The van der Waals surface area contributed by atoms with Gasteiger partial charge in [0.2, 0.25) is 12.5 Å². The molecule has 2 aliphatic heterocycles. The van der Waals surface area contributed by atoms with E-state index >= 15 is 0 Å². The van der Waals surface area contributed by atoms with Crippen LogP contribution >= 0.6 is 0 Å². The Bertz CT molecular complexity index is 996. The first-order valence-corrected chi connectivity index (χ1v) is 9.39. The normalized spacial score (nSPS) is 26.9. The summed E-state index contributed by atoms with van der Waals surface area (Å²) in [5.41, 5.74) is 2.50. The van der Waals surface area contributed by atoms with Gasteiger partial charge in [0, 0.05) is 13.2 Å². The van der Waals surface area contributed by atoms with Crippen LogP contribution in [0.15, 0.2) is 24.3 Å². The van der Waals surface area contributed by atoms with E-state index in [0.29, 0.717) is 28.7 Å². The van der Waals surface area contributed by atoms with Crippen molar-refractivity contribution in [1.29, 1.82) is 0 Å². The molecule has 0 bridgehead atoms. The van der Waals surface area contributed by atoms with E-state index in [2.05, 4.69) is 0 Å². The highest BCUT2D eigenvalue weighted by Gasteiger charge is 2.48. The van der Waals surface area contributed by atoms with Gasteiger partial charge in [-0.1, -0.05) is 0 Å². The summed E-state index contributed by atoms with van der Waals surface area (Å²) in [6, 6.07) is 7.45. The maximum Gasteiger partial charge on any atom is 0.310 e. The Morgan fingerprint density at radius 1 is 0.966 bits per heavy atom. The van der Waals surface area contributed by atoms with Crippen molar-refractivity contribution >= 4 is 5.97 Å². The third kappa shape index (κ3) is 2.68. The molecule has 0 N–H and O–H groups in total. The molecule has 2 aromatic rings. The van der Waals surface area contributed by atoms with Gasteiger partial charge in [0.05, 0.1) is 33.9 Å². The number of rotatable bonds is 4. The predicted octanol–water partition coefficient (Wildman–Crippen LogP) is 2.92. The molecule has 1 fully saturated rings. The first kappa shape index (κ1) is 16.8. The second-order valence-corrected chi connectivity index (χ2v) is 7.26. The van der Waals surface area contributed by atoms with Crippen LogP contribution in [0.3, 0.4) is 0 Å². The average Bonchev–Trinajstić information content (AvgIpc) is 3.38. The number of methoxy groups -OCH3 is 3. The van der Waals surface area contributed by atoms with Gasteiger partial charge < -0.3 is 28.4 Å². The van der Waals surface area contributed by atoms with Gasteiger partial charge in [-0.2, -0.15) is 0 Å². The number of hydrogen-bond donors (Lipinski definition) is 0. The monoisotopic (exact) mass is 399 g/mol. The summed E-state index contributed by atoms with van der Waals surface area (Å²) < 4.78 is 41.8. The van der Waals surface area contributed by atoms with Gasteiger partial charge in [-0.3, -0.25) is 4.79 Å². The first-order chi connectivity index (χ1) is 14.6. The van der Waals surface area contributed by atoms with Gasteiger partial charge >= 0.3 is 5.97 Å². The minimum Gasteiger partial charge on any atom is -0.493 e. The summed E-state index contributed by atoms with van der Waals surface area (Å²) in [4.78, 5) is 12.8. The zero-order valence-corrected chi connectivity index (χ0v) is 16.4. The Hall–Kier alpha value is -3.09. The SMILES string of the molecule is [2H][C@H]1c2cc3c(cc2[C@@H](c2cc(OC)c(OC)c(OC)c2)[C@@H]2C(=O)OC[C@@H]21)OCO3. The lowest BCUT2D eigenvalue weighted by atomic mass is 9.67. The number of esters is 1. The van der Waals surface area contributed by atoms with E-state index in [1.165, 1.54) is 0 Å². The molecule has 29 heavy (non-hydrogen) atoms. The fourth-order valence-electron chi connectivity index (χ4n) is 4.57. The van der Waals surface area contributed by atoms with Crippen molar-refractivity contribution in [2.75, 3.05) is 34.7 Å². The van der Waals surface area contributed by atoms with E-state index in [0.717, 1.165) is 16.7 Å². The molecule has 0 amide bonds. The fraction of sp³-hybridized carbons (Fsp3) is 0.409. The molecule has 1 saturated heterocycles. The van der Waals surface area contributed by atoms with Gasteiger partial charge in [0.15, 0.2) is 23.0 Å². The third-order valence-corrected chi connectivity index (χ3v) is 5.86. The number of cyclic esters (lactones) is 1. The predicted molar refractivity (Wildman–Crippen MR) is 102 cm³/mol. The summed E-state index contributed by atoms with van der Waals surface area (Å²) in [7, 11) is 4.66. The second kappa shape index (κ2) is 6.76. The molecule has 4 atom stereocenters. The van der Waals surface area contributed by atoms with Crippen LogP contribution in [0, 0.1) is 11.8 Å². The average molecular weight is 399 g/mol. The number of carbonyl (C=O) groups is 1. The molecule has 0 saturated carbocycles. The Balaban J connectivity index is 1.74. The minimum atomic E-state index is -0.593. The summed E-state index contributed by atoms with van der Waals surface area (Å²) in [5, 5.41) is 0. The number of fused-ring (bicyclic) bond motifs is 3. The minimum absolute atomic E-state index is 0.143. The number of carbonyl (C=O) groups excluding carboxylic acids is 1.